The Morgan fingerprint density at radius 3 is 2.42 bits per heavy atom. The molecule has 4 heterocycles. The Morgan fingerprint density at radius 2 is 1.65 bits per heavy atom. The summed E-state index contributed by atoms with van der Waals surface area (Å²) in [6, 6.07) is 19.4. The van der Waals surface area contributed by atoms with Crippen LogP contribution in [-0.4, -0.2) is 25.1 Å². The van der Waals surface area contributed by atoms with E-state index in [1.165, 1.54) is 59.3 Å². The van der Waals surface area contributed by atoms with Crippen LogP contribution >= 0.6 is 0 Å². The van der Waals surface area contributed by atoms with Crippen LogP contribution in [-0.2, 0) is 0 Å². The summed E-state index contributed by atoms with van der Waals surface area (Å²) in [5.74, 6) is -1.57. The van der Waals surface area contributed by atoms with Crippen molar-refractivity contribution in [2.24, 2.45) is 0 Å². The zero-order valence-electron chi connectivity index (χ0n) is 20.7. The van der Waals surface area contributed by atoms with E-state index in [0.29, 0.717) is 17.0 Å². The molecule has 10 heteroatoms. The van der Waals surface area contributed by atoms with E-state index in [1.54, 1.807) is 35.4 Å². The Kier molecular flexibility index (Phi) is 6.33. The minimum Gasteiger partial charge on any atom is -0.452 e. The number of fused-ring (bicyclic) bond motifs is 1. The van der Waals surface area contributed by atoms with E-state index in [1.807, 2.05) is 18.2 Å². The summed E-state index contributed by atoms with van der Waals surface area (Å²) in [7, 11) is 0. The number of rotatable bonds is 6. The van der Waals surface area contributed by atoms with Gasteiger partial charge in [0.1, 0.15) is 16.9 Å². The maximum atomic E-state index is 15.1. The van der Waals surface area contributed by atoms with E-state index in [0.717, 1.165) is 17.2 Å². The van der Waals surface area contributed by atoms with Gasteiger partial charge in [0.25, 0.3) is 11.5 Å². The first-order valence-electron chi connectivity index (χ1n) is 12.1. The number of aromatic nitrogens is 4. The molecule has 0 saturated heterocycles. The van der Waals surface area contributed by atoms with Crippen LogP contribution in [0.2, 0.25) is 0 Å². The standard InChI is InChI=1S/C30H19F2N5O3/c31-20-3-6-22(7-4-20)36-16-1-2-24(30(36)39)29(38)35-21-5-8-26(25(32)18-21)40-27-11-15-34-37-17-12-23(28(27)37)19-9-13-33-14-10-19/h1-18H,(H,35,38). The number of nitrogens with zero attached hydrogens (tertiary/aromatic N) is 4. The number of hydrogen-bond acceptors (Lipinski definition) is 5. The molecule has 0 aliphatic carbocycles. The fourth-order valence-corrected chi connectivity index (χ4v) is 4.31. The summed E-state index contributed by atoms with van der Waals surface area (Å²) in [4.78, 5) is 29.9. The molecule has 196 valence electrons. The minimum absolute atomic E-state index is 0.0636. The Morgan fingerprint density at radius 1 is 0.850 bits per heavy atom. The Bertz CT molecular complexity index is 1920. The topological polar surface area (TPSA) is 90.5 Å². The second-order valence-electron chi connectivity index (χ2n) is 8.73. The lowest BCUT2D eigenvalue weighted by Crippen LogP contribution is -2.27. The average Bonchev–Trinajstić information content (AvgIpc) is 3.41. The van der Waals surface area contributed by atoms with Crippen molar-refractivity contribution >= 4 is 17.1 Å². The number of hydrogen-bond donors (Lipinski definition) is 1. The number of halogens is 2. The first kappa shape index (κ1) is 24.7. The summed E-state index contributed by atoms with van der Waals surface area (Å²) in [6.07, 6.45) is 8.15. The highest BCUT2D eigenvalue weighted by Gasteiger charge is 2.17. The zero-order chi connectivity index (χ0) is 27.6. The van der Waals surface area contributed by atoms with Crippen LogP contribution < -0.4 is 15.6 Å². The molecule has 0 fully saturated rings. The van der Waals surface area contributed by atoms with Gasteiger partial charge in [-0.1, -0.05) is 0 Å². The van der Waals surface area contributed by atoms with Crippen LogP contribution in [0.15, 0.2) is 115 Å². The van der Waals surface area contributed by atoms with Crippen LogP contribution in [0, 0.1) is 11.6 Å². The number of carbonyl (C=O) groups excluding carboxylic acids is 1. The van der Waals surface area contributed by atoms with Crippen molar-refractivity contribution < 1.29 is 18.3 Å². The number of nitrogens with one attached hydrogen (secondary N) is 1. The molecule has 40 heavy (non-hydrogen) atoms. The van der Waals surface area contributed by atoms with Crippen LogP contribution in [0.4, 0.5) is 14.5 Å². The smallest absolute Gasteiger partial charge is 0.267 e. The van der Waals surface area contributed by atoms with Crippen LogP contribution in [0.5, 0.6) is 11.5 Å². The predicted molar refractivity (Wildman–Crippen MR) is 145 cm³/mol. The third-order valence-corrected chi connectivity index (χ3v) is 6.21. The van der Waals surface area contributed by atoms with Crippen molar-refractivity contribution in [2.75, 3.05) is 5.32 Å². The molecule has 0 bridgehead atoms. The molecule has 0 unspecified atom stereocenters. The largest absolute Gasteiger partial charge is 0.452 e. The summed E-state index contributed by atoms with van der Waals surface area (Å²) in [5.41, 5.74) is 2.14. The Balaban J connectivity index is 1.25. The van der Waals surface area contributed by atoms with Crippen molar-refractivity contribution in [3.63, 3.8) is 0 Å². The highest BCUT2D eigenvalue weighted by atomic mass is 19.1. The van der Waals surface area contributed by atoms with Gasteiger partial charge >= 0.3 is 0 Å². The number of amides is 1. The summed E-state index contributed by atoms with van der Waals surface area (Å²) in [6.45, 7) is 0. The molecule has 6 rings (SSSR count). The normalized spacial score (nSPS) is 10.9. The number of ether oxygens (including phenoxy) is 1. The van der Waals surface area contributed by atoms with Gasteiger partial charge in [0, 0.05) is 53.9 Å². The highest BCUT2D eigenvalue weighted by molar-refractivity contribution is 6.04. The average molecular weight is 536 g/mol. The molecule has 2 aromatic carbocycles. The molecule has 0 radical (unpaired) electrons. The monoisotopic (exact) mass is 535 g/mol. The quantitative estimate of drug-likeness (QED) is 0.288. The third-order valence-electron chi connectivity index (χ3n) is 6.21. The van der Waals surface area contributed by atoms with Crippen molar-refractivity contribution in [1.82, 2.24) is 19.2 Å². The molecule has 0 spiro atoms. The molecule has 0 aliphatic heterocycles. The number of anilines is 1. The van der Waals surface area contributed by atoms with E-state index in [4.69, 9.17) is 4.74 Å². The predicted octanol–water partition coefficient (Wildman–Crippen LogP) is 5.87. The van der Waals surface area contributed by atoms with Gasteiger partial charge in [0.2, 0.25) is 0 Å². The number of carbonyl (C=O) groups is 1. The van der Waals surface area contributed by atoms with E-state index < -0.39 is 23.1 Å². The van der Waals surface area contributed by atoms with E-state index >= 15 is 4.39 Å². The number of pyridine rings is 2. The van der Waals surface area contributed by atoms with E-state index in [2.05, 4.69) is 15.4 Å². The molecule has 0 saturated carbocycles. The van der Waals surface area contributed by atoms with Gasteiger partial charge < -0.3 is 10.1 Å². The second-order valence-corrected chi connectivity index (χ2v) is 8.73. The Hall–Kier alpha value is -5.64. The van der Waals surface area contributed by atoms with Gasteiger partial charge in [-0.05, 0) is 72.3 Å². The van der Waals surface area contributed by atoms with E-state index in [9.17, 15) is 14.0 Å². The fourth-order valence-electron chi connectivity index (χ4n) is 4.31. The first-order chi connectivity index (χ1) is 19.5. The molecular formula is C30H19F2N5O3. The van der Waals surface area contributed by atoms with Gasteiger partial charge in [-0.15, -0.1) is 0 Å². The van der Waals surface area contributed by atoms with Gasteiger partial charge in [0.15, 0.2) is 17.3 Å². The van der Waals surface area contributed by atoms with Gasteiger partial charge in [-0.2, -0.15) is 5.10 Å². The second kappa shape index (κ2) is 10.3. The maximum Gasteiger partial charge on any atom is 0.267 e. The highest BCUT2D eigenvalue weighted by Crippen LogP contribution is 2.35. The van der Waals surface area contributed by atoms with Gasteiger partial charge in [-0.25, -0.2) is 13.3 Å². The zero-order valence-corrected chi connectivity index (χ0v) is 20.7. The van der Waals surface area contributed by atoms with Crippen LogP contribution in [0.3, 0.4) is 0 Å². The van der Waals surface area contributed by atoms with Crippen molar-refractivity contribution in [3.8, 4) is 28.3 Å². The summed E-state index contributed by atoms with van der Waals surface area (Å²) >= 11 is 0. The molecular weight excluding hydrogens is 516 g/mol. The van der Waals surface area contributed by atoms with E-state index in [-0.39, 0.29) is 17.0 Å². The van der Waals surface area contributed by atoms with Crippen molar-refractivity contribution in [1.29, 1.82) is 0 Å². The summed E-state index contributed by atoms with van der Waals surface area (Å²) in [5, 5.41) is 6.85. The molecule has 1 amide bonds. The van der Waals surface area contributed by atoms with Crippen molar-refractivity contribution in [2.45, 2.75) is 0 Å². The van der Waals surface area contributed by atoms with Crippen molar-refractivity contribution in [3.05, 3.63) is 137 Å². The molecule has 4 aromatic heterocycles. The lowest BCUT2D eigenvalue weighted by molar-refractivity contribution is 0.102. The lowest BCUT2D eigenvalue weighted by Gasteiger charge is -2.12. The lowest BCUT2D eigenvalue weighted by atomic mass is 10.1. The Labute approximate surface area is 225 Å². The molecule has 1 N–H and O–H groups in total. The third kappa shape index (κ3) is 4.69. The number of benzene rings is 2. The van der Waals surface area contributed by atoms with Crippen LogP contribution in [0.1, 0.15) is 10.4 Å². The SMILES string of the molecule is O=C(Nc1ccc(Oc2ccnn3ccc(-c4ccncc4)c23)c(F)c1)c1cccn(-c2ccc(F)cc2)c1=O. The maximum absolute atomic E-state index is 15.1. The fraction of sp³-hybridized carbons (Fsp3) is 0. The van der Waals surface area contributed by atoms with Gasteiger partial charge in [-0.3, -0.25) is 19.1 Å². The minimum atomic E-state index is -0.722. The molecule has 8 nitrogen and oxygen atoms in total. The first-order valence-corrected chi connectivity index (χ1v) is 12.1. The molecule has 6 aromatic rings. The van der Waals surface area contributed by atoms with Gasteiger partial charge in [0.05, 0.1) is 6.20 Å². The summed E-state index contributed by atoms with van der Waals surface area (Å²) < 4.78 is 37.2. The molecule has 0 aliphatic rings. The molecule has 0 atom stereocenters. The van der Waals surface area contributed by atoms with Crippen LogP contribution in [0.25, 0.3) is 22.3 Å².